The zero-order valence-corrected chi connectivity index (χ0v) is 10.8. The summed E-state index contributed by atoms with van der Waals surface area (Å²) in [6.07, 6.45) is 0. The Morgan fingerprint density at radius 3 is 2.19 bits per heavy atom. The molecule has 0 radical (unpaired) electrons. The van der Waals surface area contributed by atoms with Gasteiger partial charge in [-0.15, -0.1) is 0 Å². The lowest BCUT2D eigenvalue weighted by molar-refractivity contribution is 0.686. The van der Waals surface area contributed by atoms with Crippen molar-refractivity contribution in [3.8, 4) is 0 Å². The van der Waals surface area contributed by atoms with Gasteiger partial charge in [0.25, 0.3) is 0 Å². The van der Waals surface area contributed by atoms with E-state index in [1.807, 2.05) is 54.6 Å². The predicted octanol–water partition coefficient (Wildman–Crippen LogP) is 3.58. The van der Waals surface area contributed by atoms with E-state index in [9.17, 15) is 4.21 Å². The Kier molecular flexibility index (Phi) is 3.74. The molecule has 0 saturated carbocycles. The van der Waals surface area contributed by atoms with Crippen LogP contribution in [0.2, 0.25) is 0 Å². The number of halogens is 1. The lowest BCUT2D eigenvalue weighted by atomic mass is 10.3. The van der Waals surface area contributed by atoms with Gasteiger partial charge in [-0.1, -0.05) is 34.1 Å². The molecule has 0 amide bonds. The summed E-state index contributed by atoms with van der Waals surface area (Å²) in [5, 5.41) is 0. The number of para-hydroxylation sites is 1. The molecule has 2 aromatic carbocycles. The maximum absolute atomic E-state index is 11.9. The van der Waals surface area contributed by atoms with Crippen LogP contribution >= 0.6 is 15.9 Å². The topological polar surface area (TPSA) is 29.1 Å². The monoisotopic (exact) mass is 295 g/mol. The van der Waals surface area contributed by atoms with Crippen LogP contribution in [0.1, 0.15) is 0 Å². The second-order valence-corrected chi connectivity index (χ2v) is 5.32. The van der Waals surface area contributed by atoms with E-state index in [4.69, 9.17) is 0 Å². The molecule has 2 nitrogen and oxygen atoms in total. The summed E-state index contributed by atoms with van der Waals surface area (Å²) in [5.41, 5.74) is 0.851. The van der Waals surface area contributed by atoms with Gasteiger partial charge >= 0.3 is 0 Å². The zero-order chi connectivity index (χ0) is 11.4. The summed E-state index contributed by atoms with van der Waals surface area (Å²) < 4.78 is 15.8. The second-order valence-electron chi connectivity index (χ2n) is 3.19. The first kappa shape index (κ1) is 11.4. The van der Waals surface area contributed by atoms with Crippen LogP contribution in [0, 0.1) is 0 Å². The Balaban J connectivity index is 2.12. The molecule has 1 atom stereocenters. The van der Waals surface area contributed by atoms with Crippen molar-refractivity contribution < 1.29 is 4.21 Å². The largest absolute Gasteiger partial charge is 0.301 e. The third-order valence-corrected chi connectivity index (χ3v) is 3.66. The highest BCUT2D eigenvalue weighted by atomic mass is 79.9. The molecule has 0 aromatic heterocycles. The van der Waals surface area contributed by atoms with Crippen molar-refractivity contribution in [2.45, 2.75) is 4.90 Å². The van der Waals surface area contributed by atoms with Crippen molar-refractivity contribution in [2.75, 3.05) is 4.72 Å². The van der Waals surface area contributed by atoms with Crippen LogP contribution in [0.15, 0.2) is 64.0 Å². The van der Waals surface area contributed by atoms with Gasteiger partial charge in [0.05, 0.1) is 4.90 Å². The van der Waals surface area contributed by atoms with Crippen molar-refractivity contribution in [2.24, 2.45) is 0 Å². The van der Waals surface area contributed by atoms with Crippen molar-refractivity contribution >= 4 is 32.6 Å². The molecule has 0 spiro atoms. The van der Waals surface area contributed by atoms with Crippen LogP contribution in [0.4, 0.5) is 5.69 Å². The summed E-state index contributed by atoms with van der Waals surface area (Å²) in [6, 6.07) is 16.9. The number of rotatable bonds is 3. The summed E-state index contributed by atoms with van der Waals surface area (Å²) in [6.45, 7) is 0. The molecule has 1 unspecified atom stereocenters. The summed E-state index contributed by atoms with van der Waals surface area (Å²) in [7, 11) is -1.21. The van der Waals surface area contributed by atoms with Crippen molar-refractivity contribution in [1.29, 1.82) is 0 Å². The molecule has 16 heavy (non-hydrogen) atoms. The van der Waals surface area contributed by atoms with Crippen LogP contribution < -0.4 is 4.72 Å². The first-order chi connectivity index (χ1) is 7.75. The van der Waals surface area contributed by atoms with E-state index in [0.717, 1.165) is 15.1 Å². The van der Waals surface area contributed by atoms with Crippen molar-refractivity contribution in [3.05, 3.63) is 59.1 Å². The fourth-order valence-electron chi connectivity index (χ4n) is 1.23. The second kappa shape index (κ2) is 5.27. The lowest BCUT2D eigenvalue weighted by Crippen LogP contribution is -2.04. The summed E-state index contributed by atoms with van der Waals surface area (Å²) in [4.78, 5) is 0.757. The molecule has 0 aliphatic heterocycles. The molecule has 0 bridgehead atoms. The van der Waals surface area contributed by atoms with Crippen LogP contribution in [0.5, 0.6) is 0 Å². The van der Waals surface area contributed by atoms with Gasteiger partial charge in [0.15, 0.2) is 0 Å². The molecular formula is C12H10BrNOS. The summed E-state index contributed by atoms with van der Waals surface area (Å²) in [5.74, 6) is 0. The molecule has 2 aromatic rings. The predicted molar refractivity (Wildman–Crippen MR) is 70.6 cm³/mol. The highest BCUT2D eigenvalue weighted by molar-refractivity contribution is 9.10. The van der Waals surface area contributed by atoms with Crippen LogP contribution in [0.25, 0.3) is 0 Å². The number of benzene rings is 2. The molecule has 4 heteroatoms. The number of anilines is 1. The maximum Gasteiger partial charge on any atom is 0.150 e. The van der Waals surface area contributed by atoms with E-state index >= 15 is 0 Å². The average molecular weight is 296 g/mol. The normalized spacial score (nSPS) is 12.1. The molecule has 82 valence electrons. The van der Waals surface area contributed by atoms with E-state index in [-0.39, 0.29) is 0 Å². The Morgan fingerprint density at radius 1 is 0.938 bits per heavy atom. The first-order valence-corrected chi connectivity index (χ1v) is 6.69. The van der Waals surface area contributed by atoms with Crippen LogP contribution in [-0.2, 0) is 11.0 Å². The third-order valence-electron chi connectivity index (χ3n) is 2.01. The number of nitrogens with one attached hydrogen (secondary N) is 1. The first-order valence-electron chi connectivity index (χ1n) is 4.75. The van der Waals surface area contributed by atoms with Crippen molar-refractivity contribution in [3.63, 3.8) is 0 Å². The van der Waals surface area contributed by atoms with E-state index in [1.165, 1.54) is 0 Å². The minimum absolute atomic E-state index is 0.757. The molecule has 2 rings (SSSR count). The number of hydrogen-bond donors (Lipinski definition) is 1. The van der Waals surface area contributed by atoms with E-state index in [2.05, 4.69) is 20.7 Å². The van der Waals surface area contributed by atoms with Gasteiger partial charge in [0, 0.05) is 10.2 Å². The quantitative estimate of drug-likeness (QED) is 0.921. The van der Waals surface area contributed by atoms with Crippen molar-refractivity contribution in [1.82, 2.24) is 0 Å². The van der Waals surface area contributed by atoms with Gasteiger partial charge in [-0.05, 0) is 36.4 Å². The fraction of sp³-hybridized carbons (Fsp3) is 0. The van der Waals surface area contributed by atoms with E-state index in [0.29, 0.717) is 0 Å². The highest BCUT2D eigenvalue weighted by Crippen LogP contribution is 2.15. The Hall–Kier alpha value is -1.13. The van der Waals surface area contributed by atoms with Crippen LogP contribution in [-0.4, -0.2) is 4.21 Å². The lowest BCUT2D eigenvalue weighted by Gasteiger charge is -2.05. The van der Waals surface area contributed by atoms with Gasteiger partial charge in [0.2, 0.25) is 0 Å². The Morgan fingerprint density at radius 2 is 1.56 bits per heavy atom. The van der Waals surface area contributed by atoms with E-state index < -0.39 is 11.0 Å². The standard InChI is InChI=1S/C12H10BrNOS/c13-10-6-8-12(9-7-10)16(15)14-11-4-2-1-3-5-11/h1-9,14H. The number of hydrogen-bond acceptors (Lipinski definition) is 1. The zero-order valence-electron chi connectivity index (χ0n) is 8.39. The highest BCUT2D eigenvalue weighted by Gasteiger charge is 2.02. The molecule has 0 heterocycles. The van der Waals surface area contributed by atoms with Gasteiger partial charge < -0.3 is 4.72 Å². The molecule has 0 aliphatic carbocycles. The smallest absolute Gasteiger partial charge is 0.150 e. The van der Waals surface area contributed by atoms with Gasteiger partial charge in [-0.3, -0.25) is 0 Å². The van der Waals surface area contributed by atoms with Gasteiger partial charge in [-0.2, -0.15) is 0 Å². The van der Waals surface area contributed by atoms with Crippen LogP contribution in [0.3, 0.4) is 0 Å². The molecule has 0 saturated heterocycles. The molecule has 0 fully saturated rings. The Labute approximate surface area is 105 Å². The average Bonchev–Trinajstić information content (AvgIpc) is 2.31. The van der Waals surface area contributed by atoms with Gasteiger partial charge in [0.1, 0.15) is 11.0 Å². The maximum atomic E-state index is 11.9. The third kappa shape index (κ3) is 2.93. The Bertz CT molecular complexity index is 484. The van der Waals surface area contributed by atoms with E-state index in [1.54, 1.807) is 0 Å². The molecule has 1 N–H and O–H groups in total. The van der Waals surface area contributed by atoms with Gasteiger partial charge in [-0.25, -0.2) is 4.21 Å². The summed E-state index contributed by atoms with van der Waals surface area (Å²) >= 11 is 3.34. The SMILES string of the molecule is O=S(Nc1ccccc1)c1ccc(Br)cc1. The minimum Gasteiger partial charge on any atom is -0.301 e. The molecular weight excluding hydrogens is 286 g/mol. The minimum atomic E-state index is -1.21. The fourth-order valence-corrected chi connectivity index (χ4v) is 2.35. The molecule has 0 aliphatic rings.